The first-order chi connectivity index (χ1) is 15.3. The number of amides is 1. The lowest BCUT2D eigenvalue weighted by molar-refractivity contribution is -0.118. The number of aromatic nitrogens is 1. The van der Waals surface area contributed by atoms with Crippen molar-refractivity contribution in [2.24, 2.45) is 0 Å². The van der Waals surface area contributed by atoms with E-state index in [1.165, 1.54) is 4.70 Å². The smallest absolute Gasteiger partial charge is 0.235 e. The number of carbonyl (C=O) groups is 1. The molecule has 3 aromatic rings. The number of benzene rings is 2. The van der Waals surface area contributed by atoms with Crippen LogP contribution in [0, 0.1) is 6.92 Å². The third kappa shape index (κ3) is 5.67. The first-order valence-corrected chi connectivity index (χ1v) is 13.7. The highest BCUT2D eigenvalue weighted by atomic mass is 79.9. The molecule has 1 aliphatic heterocycles. The maximum absolute atomic E-state index is 12.4. The zero-order chi connectivity index (χ0) is 22.7. The second kappa shape index (κ2) is 9.86. The summed E-state index contributed by atoms with van der Waals surface area (Å²) in [6.45, 7) is 6.50. The van der Waals surface area contributed by atoms with Crippen molar-refractivity contribution in [3.8, 4) is 0 Å². The largest absolute Gasteiger partial charge is 0.354 e. The van der Waals surface area contributed by atoms with E-state index in [0.717, 1.165) is 46.9 Å². The normalized spacial score (nSPS) is 15.2. The second-order valence-corrected chi connectivity index (χ2v) is 11.8. The minimum atomic E-state index is -3.62. The van der Waals surface area contributed by atoms with E-state index in [9.17, 15) is 13.2 Å². The number of thiazole rings is 1. The number of anilines is 1. The number of hydrogen-bond acceptors (Lipinski definition) is 7. The van der Waals surface area contributed by atoms with Crippen molar-refractivity contribution in [2.45, 2.75) is 11.8 Å². The Kier molecular flexibility index (Phi) is 7.14. The number of aryl methyl sites for hydroxylation is 1. The van der Waals surface area contributed by atoms with Crippen LogP contribution in [0.4, 0.5) is 5.13 Å². The van der Waals surface area contributed by atoms with Gasteiger partial charge in [-0.1, -0.05) is 45.0 Å². The molecule has 1 N–H and O–H groups in total. The SMILES string of the molecule is Cc1ccc(S(=O)(=O)CC(=O)NCCN2CCN(c3nc4ccc(Br)cc4s3)CC2)cc1. The van der Waals surface area contributed by atoms with Gasteiger partial charge in [0.25, 0.3) is 0 Å². The summed E-state index contributed by atoms with van der Waals surface area (Å²) in [6, 6.07) is 12.7. The summed E-state index contributed by atoms with van der Waals surface area (Å²) >= 11 is 5.20. The zero-order valence-electron chi connectivity index (χ0n) is 17.8. The van der Waals surface area contributed by atoms with Crippen molar-refractivity contribution >= 4 is 58.4 Å². The maximum atomic E-state index is 12.4. The summed E-state index contributed by atoms with van der Waals surface area (Å²) in [4.78, 5) is 21.6. The number of fused-ring (bicyclic) bond motifs is 1. The van der Waals surface area contributed by atoms with Gasteiger partial charge in [-0.3, -0.25) is 9.69 Å². The van der Waals surface area contributed by atoms with Gasteiger partial charge < -0.3 is 10.2 Å². The zero-order valence-corrected chi connectivity index (χ0v) is 21.0. The van der Waals surface area contributed by atoms with E-state index in [1.807, 2.05) is 19.1 Å². The summed E-state index contributed by atoms with van der Waals surface area (Å²) < 4.78 is 27.0. The van der Waals surface area contributed by atoms with Gasteiger partial charge in [-0.15, -0.1) is 0 Å². The maximum Gasteiger partial charge on any atom is 0.235 e. The predicted molar refractivity (Wildman–Crippen MR) is 132 cm³/mol. The molecule has 1 aromatic heterocycles. The Bertz CT molecular complexity index is 1200. The van der Waals surface area contributed by atoms with Gasteiger partial charge in [0.15, 0.2) is 15.0 Å². The Balaban J connectivity index is 1.21. The van der Waals surface area contributed by atoms with Gasteiger partial charge in [0.05, 0.1) is 15.1 Å². The summed E-state index contributed by atoms with van der Waals surface area (Å²) in [5.41, 5.74) is 1.99. The average Bonchev–Trinajstić information content (AvgIpc) is 3.17. The third-order valence-electron chi connectivity index (χ3n) is 5.43. The molecule has 0 atom stereocenters. The fourth-order valence-corrected chi connectivity index (χ4v) is 6.32. The molecule has 0 saturated carbocycles. The number of carbonyl (C=O) groups excluding carboxylic acids is 1. The molecule has 1 aliphatic rings. The van der Waals surface area contributed by atoms with Crippen LogP contribution < -0.4 is 10.2 Å². The molecule has 0 aliphatic carbocycles. The van der Waals surface area contributed by atoms with Crippen molar-refractivity contribution in [3.05, 3.63) is 52.5 Å². The molecule has 0 radical (unpaired) electrons. The van der Waals surface area contributed by atoms with Crippen molar-refractivity contribution in [1.29, 1.82) is 0 Å². The van der Waals surface area contributed by atoms with E-state index in [4.69, 9.17) is 4.98 Å². The van der Waals surface area contributed by atoms with Crippen LogP contribution in [0.3, 0.4) is 0 Å². The van der Waals surface area contributed by atoms with E-state index in [1.54, 1.807) is 35.6 Å². The quantitative estimate of drug-likeness (QED) is 0.499. The molecule has 170 valence electrons. The van der Waals surface area contributed by atoms with Gasteiger partial charge in [-0.25, -0.2) is 13.4 Å². The molecule has 0 bridgehead atoms. The Morgan fingerprint density at radius 1 is 1.12 bits per heavy atom. The number of sulfone groups is 1. The molecule has 1 amide bonds. The monoisotopic (exact) mass is 536 g/mol. The molecule has 2 aromatic carbocycles. The van der Waals surface area contributed by atoms with Crippen LogP contribution in [0.1, 0.15) is 5.56 Å². The number of halogens is 1. The van der Waals surface area contributed by atoms with Gasteiger partial charge in [0, 0.05) is 43.7 Å². The predicted octanol–water partition coefficient (Wildman–Crippen LogP) is 3.08. The molecule has 4 rings (SSSR count). The lowest BCUT2D eigenvalue weighted by Gasteiger charge is -2.34. The number of nitrogens with zero attached hydrogens (tertiary/aromatic N) is 3. The first-order valence-electron chi connectivity index (χ1n) is 10.4. The van der Waals surface area contributed by atoms with Crippen molar-refractivity contribution < 1.29 is 13.2 Å². The van der Waals surface area contributed by atoms with Crippen molar-refractivity contribution in [2.75, 3.05) is 49.9 Å². The Morgan fingerprint density at radius 3 is 2.56 bits per heavy atom. The number of rotatable bonds is 7. The Morgan fingerprint density at radius 2 is 1.84 bits per heavy atom. The Hall–Kier alpha value is -2.01. The van der Waals surface area contributed by atoms with E-state index in [0.29, 0.717) is 13.1 Å². The molecule has 0 spiro atoms. The lowest BCUT2D eigenvalue weighted by atomic mass is 10.2. The first kappa shape index (κ1) is 23.2. The number of hydrogen-bond donors (Lipinski definition) is 1. The van der Waals surface area contributed by atoms with Crippen molar-refractivity contribution in [3.63, 3.8) is 0 Å². The van der Waals surface area contributed by atoms with Crippen LogP contribution >= 0.6 is 27.3 Å². The van der Waals surface area contributed by atoms with Crippen LogP contribution in [-0.4, -0.2) is 69.2 Å². The topological polar surface area (TPSA) is 82.6 Å². The van der Waals surface area contributed by atoms with Crippen LogP contribution in [0.25, 0.3) is 10.2 Å². The van der Waals surface area contributed by atoms with Gasteiger partial charge in [-0.05, 0) is 37.3 Å². The van der Waals surface area contributed by atoms with Gasteiger partial charge in [0.2, 0.25) is 5.91 Å². The summed E-state index contributed by atoms with van der Waals surface area (Å²) in [5, 5.41) is 3.78. The van der Waals surface area contributed by atoms with Crippen LogP contribution in [0.2, 0.25) is 0 Å². The van der Waals surface area contributed by atoms with Crippen molar-refractivity contribution in [1.82, 2.24) is 15.2 Å². The van der Waals surface area contributed by atoms with Gasteiger partial charge in [-0.2, -0.15) is 0 Å². The molecule has 10 heteroatoms. The number of piperazine rings is 1. The third-order valence-corrected chi connectivity index (χ3v) is 8.64. The standard InChI is InChI=1S/C22H25BrN4O3S2/c1-16-2-5-18(6-3-16)32(29,30)15-21(28)24-8-9-26-10-12-27(13-11-26)22-25-19-7-4-17(23)14-20(19)31-22/h2-7,14H,8-13,15H2,1H3,(H,24,28). The molecular formula is C22H25BrN4O3S2. The fourth-order valence-electron chi connectivity index (χ4n) is 3.59. The molecular weight excluding hydrogens is 512 g/mol. The highest BCUT2D eigenvalue weighted by Crippen LogP contribution is 2.31. The van der Waals surface area contributed by atoms with Crippen LogP contribution in [0.5, 0.6) is 0 Å². The average molecular weight is 538 g/mol. The van der Waals surface area contributed by atoms with E-state index in [2.05, 4.69) is 37.1 Å². The lowest BCUT2D eigenvalue weighted by Crippen LogP contribution is -2.48. The molecule has 1 saturated heterocycles. The summed E-state index contributed by atoms with van der Waals surface area (Å²) in [6.07, 6.45) is 0. The minimum Gasteiger partial charge on any atom is -0.354 e. The van der Waals surface area contributed by atoms with Crippen LogP contribution in [-0.2, 0) is 14.6 Å². The number of nitrogens with one attached hydrogen (secondary N) is 1. The summed E-state index contributed by atoms with van der Waals surface area (Å²) in [7, 11) is -3.62. The molecule has 32 heavy (non-hydrogen) atoms. The fraction of sp³-hybridized carbons (Fsp3) is 0.364. The van der Waals surface area contributed by atoms with E-state index >= 15 is 0 Å². The van der Waals surface area contributed by atoms with Crippen LogP contribution in [0.15, 0.2) is 51.8 Å². The molecule has 0 unspecified atom stereocenters. The summed E-state index contributed by atoms with van der Waals surface area (Å²) in [5.74, 6) is -0.998. The molecule has 2 heterocycles. The second-order valence-electron chi connectivity index (χ2n) is 7.86. The highest BCUT2D eigenvalue weighted by Gasteiger charge is 2.21. The van der Waals surface area contributed by atoms with E-state index in [-0.39, 0.29) is 4.90 Å². The van der Waals surface area contributed by atoms with E-state index < -0.39 is 21.5 Å². The van der Waals surface area contributed by atoms with Gasteiger partial charge in [0.1, 0.15) is 5.75 Å². The molecule has 1 fully saturated rings. The Labute approximate surface area is 200 Å². The van der Waals surface area contributed by atoms with Gasteiger partial charge >= 0.3 is 0 Å². The minimum absolute atomic E-state index is 0.177. The highest BCUT2D eigenvalue weighted by molar-refractivity contribution is 9.10. The molecule has 7 nitrogen and oxygen atoms in total.